The number of nitrogens with one attached hydrogen (secondary N) is 1. The van der Waals surface area contributed by atoms with Gasteiger partial charge in [0.2, 0.25) is 0 Å². The van der Waals surface area contributed by atoms with Gasteiger partial charge in [0, 0.05) is 29.4 Å². The van der Waals surface area contributed by atoms with Crippen molar-refractivity contribution in [1.82, 2.24) is 9.88 Å². The molecule has 3 aromatic rings. The molecular weight excluding hydrogens is 444 g/mol. The highest BCUT2D eigenvalue weighted by molar-refractivity contribution is 6.07. The molecule has 0 amide bonds. The smallest absolute Gasteiger partial charge is 0.340 e. The summed E-state index contributed by atoms with van der Waals surface area (Å²) in [7, 11) is 0. The third-order valence-corrected chi connectivity index (χ3v) is 6.73. The predicted octanol–water partition coefficient (Wildman–Crippen LogP) is 4.06. The molecule has 3 unspecified atom stereocenters. The molecule has 7 nitrogen and oxygen atoms in total. The van der Waals surface area contributed by atoms with E-state index in [2.05, 4.69) is 9.88 Å². The zero-order valence-electron chi connectivity index (χ0n) is 20.8. The first kappa shape index (κ1) is 25.2. The van der Waals surface area contributed by atoms with Crippen LogP contribution in [0.25, 0.3) is 16.6 Å². The molecule has 0 saturated heterocycles. The van der Waals surface area contributed by atoms with Crippen LogP contribution < -0.4 is 10.1 Å². The van der Waals surface area contributed by atoms with Crippen molar-refractivity contribution in [2.24, 2.45) is 0 Å². The maximum Gasteiger partial charge on any atom is 0.340 e. The molecule has 4 rings (SSSR count). The van der Waals surface area contributed by atoms with E-state index in [4.69, 9.17) is 9.47 Å². The molecule has 188 valence electrons. The van der Waals surface area contributed by atoms with Crippen molar-refractivity contribution < 1.29 is 24.5 Å². The van der Waals surface area contributed by atoms with E-state index in [1.165, 1.54) is 0 Å². The highest BCUT2D eigenvalue weighted by Gasteiger charge is 2.24. The monoisotopic (exact) mass is 480 g/mol. The number of hydrogen-bond donors (Lipinski definition) is 3. The minimum atomic E-state index is -0.719. The van der Waals surface area contributed by atoms with E-state index in [9.17, 15) is 15.0 Å². The lowest BCUT2D eigenvalue weighted by Crippen LogP contribution is -2.45. The molecule has 0 radical (unpaired) electrons. The van der Waals surface area contributed by atoms with Gasteiger partial charge in [-0.2, -0.15) is 0 Å². The van der Waals surface area contributed by atoms with Gasteiger partial charge in [0.05, 0.1) is 23.8 Å². The van der Waals surface area contributed by atoms with Gasteiger partial charge in [-0.25, -0.2) is 4.79 Å². The Morgan fingerprint density at radius 2 is 1.89 bits per heavy atom. The summed E-state index contributed by atoms with van der Waals surface area (Å²) in [5, 5.41) is 24.5. The summed E-state index contributed by atoms with van der Waals surface area (Å²) in [4.78, 5) is 12.9. The molecule has 1 fully saturated rings. The molecule has 1 aliphatic carbocycles. The quantitative estimate of drug-likeness (QED) is 0.400. The molecule has 0 bridgehead atoms. The van der Waals surface area contributed by atoms with Crippen molar-refractivity contribution in [1.29, 1.82) is 0 Å². The SMILES string of the molecule is CCOC(=O)c1c(C)n(-c2ccc(C)cc2)c2ccc(OCC(O)CNC3CCCCC3O)cc12. The lowest BCUT2D eigenvalue weighted by molar-refractivity contribution is 0.0527. The highest BCUT2D eigenvalue weighted by atomic mass is 16.5. The van der Waals surface area contributed by atoms with E-state index in [-0.39, 0.29) is 24.7 Å². The third-order valence-electron chi connectivity index (χ3n) is 6.73. The van der Waals surface area contributed by atoms with Crippen LogP contribution in [0.15, 0.2) is 42.5 Å². The third kappa shape index (κ3) is 5.69. The zero-order chi connectivity index (χ0) is 24.9. The van der Waals surface area contributed by atoms with Crippen molar-refractivity contribution in [3.8, 4) is 11.4 Å². The molecule has 7 heteroatoms. The minimum absolute atomic E-state index is 0.0198. The lowest BCUT2D eigenvalue weighted by atomic mass is 9.92. The van der Waals surface area contributed by atoms with Crippen LogP contribution in [0.3, 0.4) is 0 Å². The molecule has 1 saturated carbocycles. The van der Waals surface area contributed by atoms with Crippen LogP contribution in [-0.4, -0.2) is 58.8 Å². The summed E-state index contributed by atoms with van der Waals surface area (Å²) in [5.74, 6) is 0.203. The Labute approximate surface area is 206 Å². The van der Waals surface area contributed by atoms with Crippen molar-refractivity contribution >= 4 is 16.9 Å². The van der Waals surface area contributed by atoms with Gasteiger partial charge in [0.1, 0.15) is 18.5 Å². The molecule has 3 N–H and O–H groups in total. The van der Waals surface area contributed by atoms with E-state index in [1.54, 1.807) is 6.92 Å². The maximum absolute atomic E-state index is 12.9. The highest BCUT2D eigenvalue weighted by Crippen LogP contribution is 2.33. The Hall–Kier alpha value is -2.87. The standard InChI is InChI=1S/C28H36N2O5/c1-4-34-28(33)27-19(3)30(20-11-9-18(2)10-12-20)25-14-13-22(15-23(25)27)35-17-21(31)16-29-24-7-5-6-8-26(24)32/h9-15,21,24,26,29,31-32H,4-8,16-17H2,1-3H3. The number of fused-ring (bicyclic) bond motifs is 1. The van der Waals surface area contributed by atoms with Gasteiger partial charge in [0.25, 0.3) is 0 Å². The van der Waals surface area contributed by atoms with Crippen molar-refractivity contribution in [3.05, 3.63) is 59.3 Å². The summed E-state index contributed by atoms with van der Waals surface area (Å²) in [5.41, 5.74) is 4.33. The van der Waals surface area contributed by atoms with Gasteiger partial charge in [-0.3, -0.25) is 0 Å². The van der Waals surface area contributed by atoms with Crippen LogP contribution in [-0.2, 0) is 4.74 Å². The molecule has 1 aromatic heterocycles. The largest absolute Gasteiger partial charge is 0.491 e. The molecule has 3 atom stereocenters. The van der Waals surface area contributed by atoms with Gasteiger partial charge >= 0.3 is 5.97 Å². The Kier molecular flexibility index (Phi) is 8.11. The number of benzene rings is 2. The van der Waals surface area contributed by atoms with Crippen molar-refractivity contribution in [3.63, 3.8) is 0 Å². The van der Waals surface area contributed by atoms with E-state index in [0.717, 1.165) is 53.5 Å². The molecule has 0 aliphatic heterocycles. The first-order valence-corrected chi connectivity index (χ1v) is 12.5. The summed E-state index contributed by atoms with van der Waals surface area (Å²) in [6, 6.07) is 13.8. The van der Waals surface area contributed by atoms with Crippen molar-refractivity contribution in [2.75, 3.05) is 19.8 Å². The lowest BCUT2D eigenvalue weighted by Gasteiger charge is -2.29. The average molecular weight is 481 g/mol. The van der Waals surface area contributed by atoms with Crippen molar-refractivity contribution in [2.45, 2.75) is 64.7 Å². The summed E-state index contributed by atoms with van der Waals surface area (Å²) in [6.07, 6.45) is 2.77. The first-order chi connectivity index (χ1) is 16.9. The van der Waals surface area contributed by atoms with E-state index >= 15 is 0 Å². The van der Waals surface area contributed by atoms with Crippen LogP contribution >= 0.6 is 0 Å². The van der Waals surface area contributed by atoms with Gasteiger partial charge in [-0.1, -0.05) is 30.5 Å². The molecule has 35 heavy (non-hydrogen) atoms. The number of ether oxygens (including phenoxy) is 2. The van der Waals surface area contributed by atoms with Crippen LogP contribution in [0.5, 0.6) is 5.75 Å². The number of nitrogens with zero attached hydrogens (tertiary/aromatic N) is 1. The number of aliphatic hydroxyl groups is 2. The van der Waals surface area contributed by atoms with Crippen LogP contribution in [0.1, 0.15) is 54.2 Å². The van der Waals surface area contributed by atoms with E-state index < -0.39 is 6.10 Å². The predicted molar refractivity (Wildman–Crippen MR) is 136 cm³/mol. The second-order valence-electron chi connectivity index (χ2n) is 9.36. The van der Waals surface area contributed by atoms with Gasteiger partial charge in [0.15, 0.2) is 0 Å². The number of hydrogen-bond acceptors (Lipinski definition) is 6. The first-order valence-electron chi connectivity index (χ1n) is 12.5. The Morgan fingerprint density at radius 3 is 2.60 bits per heavy atom. The number of esters is 1. The molecular formula is C28H36N2O5. The normalized spacial score (nSPS) is 19.0. The Balaban J connectivity index is 1.54. The topological polar surface area (TPSA) is 93.0 Å². The molecule has 1 aliphatic rings. The van der Waals surface area contributed by atoms with Crippen LogP contribution in [0.4, 0.5) is 0 Å². The minimum Gasteiger partial charge on any atom is -0.491 e. The number of carbonyl (C=O) groups excluding carboxylic acids is 1. The second kappa shape index (κ2) is 11.2. The number of rotatable bonds is 9. The number of aliphatic hydroxyl groups excluding tert-OH is 2. The molecule has 0 spiro atoms. The Morgan fingerprint density at radius 1 is 1.14 bits per heavy atom. The van der Waals surface area contributed by atoms with Crippen LogP contribution in [0.2, 0.25) is 0 Å². The molecule has 2 aromatic carbocycles. The van der Waals surface area contributed by atoms with E-state index in [0.29, 0.717) is 24.5 Å². The number of aromatic nitrogens is 1. The summed E-state index contributed by atoms with van der Waals surface area (Å²) < 4.78 is 13.3. The van der Waals surface area contributed by atoms with E-state index in [1.807, 2.05) is 56.3 Å². The summed E-state index contributed by atoms with van der Waals surface area (Å²) >= 11 is 0. The fourth-order valence-corrected chi connectivity index (χ4v) is 4.86. The molecule has 1 heterocycles. The van der Waals surface area contributed by atoms with Gasteiger partial charge < -0.3 is 29.6 Å². The fraction of sp³-hybridized carbons (Fsp3) is 0.464. The number of aryl methyl sites for hydroxylation is 1. The Bertz CT molecular complexity index is 1150. The number of carbonyl (C=O) groups is 1. The second-order valence-corrected chi connectivity index (χ2v) is 9.36. The van der Waals surface area contributed by atoms with Gasteiger partial charge in [-0.15, -0.1) is 0 Å². The zero-order valence-corrected chi connectivity index (χ0v) is 20.8. The fourth-order valence-electron chi connectivity index (χ4n) is 4.86. The average Bonchev–Trinajstić information content (AvgIpc) is 3.14. The summed E-state index contributed by atoms with van der Waals surface area (Å²) in [6.45, 7) is 6.50. The van der Waals surface area contributed by atoms with Gasteiger partial charge in [-0.05, 0) is 63.9 Å². The van der Waals surface area contributed by atoms with Crippen LogP contribution in [0, 0.1) is 13.8 Å². The maximum atomic E-state index is 12.9.